The van der Waals surface area contributed by atoms with E-state index in [0.717, 1.165) is 36.7 Å². The first-order valence-corrected chi connectivity index (χ1v) is 7.86. The number of carbonyl (C=O) groups excluding carboxylic acids is 1. The molecule has 118 valence electrons. The molecule has 1 amide bonds. The van der Waals surface area contributed by atoms with Gasteiger partial charge < -0.3 is 14.8 Å². The zero-order chi connectivity index (χ0) is 15.4. The van der Waals surface area contributed by atoms with Crippen LogP contribution >= 0.6 is 0 Å². The first-order chi connectivity index (χ1) is 10.8. The molecule has 1 N–H and O–H groups in total. The van der Waals surface area contributed by atoms with E-state index in [1.807, 2.05) is 18.2 Å². The fraction of sp³-hybridized carbons (Fsp3) is 0.471. The Morgan fingerprint density at radius 2 is 2.27 bits per heavy atom. The van der Waals surface area contributed by atoms with Crippen LogP contribution in [0.3, 0.4) is 0 Å². The van der Waals surface area contributed by atoms with Gasteiger partial charge in [-0.25, -0.2) is 0 Å². The fourth-order valence-corrected chi connectivity index (χ4v) is 3.01. The third-order valence-electron chi connectivity index (χ3n) is 4.24. The number of hydrogen-bond donors (Lipinski definition) is 1. The van der Waals surface area contributed by atoms with Crippen molar-refractivity contribution in [3.8, 4) is 11.5 Å². The summed E-state index contributed by atoms with van der Waals surface area (Å²) in [6.45, 7) is 5.34. The molecule has 2 heterocycles. The van der Waals surface area contributed by atoms with E-state index in [4.69, 9.17) is 9.47 Å². The summed E-state index contributed by atoms with van der Waals surface area (Å²) in [7, 11) is 0. The molecule has 3 rings (SSSR count). The highest BCUT2D eigenvalue weighted by Crippen LogP contribution is 2.32. The smallest absolute Gasteiger partial charge is 0.244 e. The van der Waals surface area contributed by atoms with Crippen LogP contribution in [0.25, 0.3) is 6.08 Å². The number of likely N-dealkylation sites (tertiary alicyclic amines) is 1. The summed E-state index contributed by atoms with van der Waals surface area (Å²) in [5, 5.41) is 2.99. The van der Waals surface area contributed by atoms with Crippen LogP contribution in [0.5, 0.6) is 11.5 Å². The number of rotatable bonds is 5. The second-order valence-electron chi connectivity index (χ2n) is 5.62. The Hall–Kier alpha value is -2.01. The van der Waals surface area contributed by atoms with Crippen LogP contribution in [0.2, 0.25) is 0 Å². The van der Waals surface area contributed by atoms with Gasteiger partial charge in [-0.3, -0.25) is 9.69 Å². The van der Waals surface area contributed by atoms with Gasteiger partial charge in [-0.15, -0.1) is 0 Å². The molecule has 5 nitrogen and oxygen atoms in total. The van der Waals surface area contributed by atoms with E-state index in [2.05, 4.69) is 17.1 Å². The highest BCUT2D eigenvalue weighted by atomic mass is 16.7. The Balaban J connectivity index is 1.51. The predicted molar refractivity (Wildman–Crippen MR) is 84.9 cm³/mol. The van der Waals surface area contributed by atoms with Crippen molar-refractivity contribution in [3.63, 3.8) is 0 Å². The fourth-order valence-electron chi connectivity index (χ4n) is 3.01. The third-order valence-corrected chi connectivity index (χ3v) is 4.24. The van der Waals surface area contributed by atoms with Gasteiger partial charge in [0.05, 0.1) is 0 Å². The lowest BCUT2D eigenvalue weighted by Gasteiger charge is -2.22. The normalized spacial score (nSPS) is 20.7. The minimum Gasteiger partial charge on any atom is -0.454 e. The lowest BCUT2D eigenvalue weighted by atomic mass is 10.2. The van der Waals surface area contributed by atoms with Crippen LogP contribution in [-0.4, -0.2) is 43.3 Å². The maximum atomic E-state index is 11.9. The maximum Gasteiger partial charge on any atom is 0.244 e. The second kappa shape index (κ2) is 6.83. The summed E-state index contributed by atoms with van der Waals surface area (Å²) in [6, 6.07) is 6.12. The highest BCUT2D eigenvalue weighted by Gasteiger charge is 2.22. The van der Waals surface area contributed by atoms with Crippen LogP contribution in [0, 0.1) is 0 Å². The van der Waals surface area contributed by atoms with Crippen LogP contribution < -0.4 is 14.8 Å². The van der Waals surface area contributed by atoms with Gasteiger partial charge in [0.2, 0.25) is 12.7 Å². The first-order valence-electron chi connectivity index (χ1n) is 7.86. The molecule has 0 spiro atoms. The number of benzene rings is 1. The van der Waals surface area contributed by atoms with Crippen molar-refractivity contribution in [2.75, 3.05) is 26.4 Å². The van der Waals surface area contributed by atoms with Crippen molar-refractivity contribution in [1.29, 1.82) is 0 Å². The van der Waals surface area contributed by atoms with Crippen LogP contribution in [0.1, 0.15) is 25.3 Å². The van der Waals surface area contributed by atoms with Crippen LogP contribution in [0.4, 0.5) is 0 Å². The average Bonchev–Trinajstić information content (AvgIpc) is 3.18. The number of nitrogens with one attached hydrogen (secondary N) is 1. The lowest BCUT2D eigenvalue weighted by Crippen LogP contribution is -2.39. The number of carbonyl (C=O) groups is 1. The number of fused-ring (bicyclic) bond motifs is 1. The van der Waals surface area contributed by atoms with E-state index in [0.29, 0.717) is 6.04 Å². The zero-order valence-electron chi connectivity index (χ0n) is 12.9. The molecule has 0 saturated carbocycles. The van der Waals surface area contributed by atoms with E-state index < -0.39 is 0 Å². The number of amides is 1. The van der Waals surface area contributed by atoms with Gasteiger partial charge in [0.25, 0.3) is 0 Å². The van der Waals surface area contributed by atoms with Gasteiger partial charge >= 0.3 is 0 Å². The Morgan fingerprint density at radius 1 is 1.41 bits per heavy atom. The molecule has 1 aromatic rings. The van der Waals surface area contributed by atoms with E-state index in [9.17, 15) is 4.79 Å². The minimum atomic E-state index is -0.0550. The zero-order valence-corrected chi connectivity index (χ0v) is 12.9. The quantitative estimate of drug-likeness (QED) is 0.846. The Bertz CT molecular complexity index is 571. The maximum absolute atomic E-state index is 11.9. The predicted octanol–water partition coefficient (Wildman–Crippen LogP) is 2.03. The molecule has 1 unspecified atom stereocenters. The molecule has 1 saturated heterocycles. The summed E-state index contributed by atoms with van der Waals surface area (Å²) < 4.78 is 10.6. The highest BCUT2D eigenvalue weighted by molar-refractivity contribution is 5.91. The molecule has 0 radical (unpaired) electrons. The lowest BCUT2D eigenvalue weighted by molar-refractivity contribution is -0.116. The number of nitrogens with zero attached hydrogens (tertiary/aromatic N) is 1. The molecule has 1 atom stereocenters. The molecular weight excluding hydrogens is 280 g/mol. The second-order valence-corrected chi connectivity index (χ2v) is 5.62. The SMILES string of the molecule is CCN1CCCC1CNC(=O)/C=C/c1ccc2c(c1)OCO2. The van der Waals surface area contributed by atoms with Crippen molar-refractivity contribution < 1.29 is 14.3 Å². The summed E-state index contributed by atoms with van der Waals surface area (Å²) in [5.74, 6) is 1.43. The van der Waals surface area contributed by atoms with Crippen LogP contribution in [-0.2, 0) is 4.79 Å². The average molecular weight is 302 g/mol. The van der Waals surface area contributed by atoms with E-state index in [1.165, 1.54) is 12.8 Å². The van der Waals surface area contributed by atoms with Crippen molar-refractivity contribution in [2.45, 2.75) is 25.8 Å². The molecule has 0 aliphatic carbocycles. The van der Waals surface area contributed by atoms with Gasteiger partial charge in [0.1, 0.15) is 0 Å². The van der Waals surface area contributed by atoms with Crippen molar-refractivity contribution in [1.82, 2.24) is 10.2 Å². The van der Waals surface area contributed by atoms with E-state index in [1.54, 1.807) is 12.2 Å². The van der Waals surface area contributed by atoms with Crippen molar-refractivity contribution in [3.05, 3.63) is 29.8 Å². The Kier molecular flexibility index (Phi) is 4.63. The van der Waals surface area contributed by atoms with Gasteiger partial charge in [-0.2, -0.15) is 0 Å². The van der Waals surface area contributed by atoms with E-state index in [-0.39, 0.29) is 12.7 Å². The molecular formula is C17H22N2O3. The largest absolute Gasteiger partial charge is 0.454 e. The molecule has 5 heteroatoms. The topological polar surface area (TPSA) is 50.8 Å². The number of ether oxygens (including phenoxy) is 2. The molecule has 0 aromatic heterocycles. The monoisotopic (exact) mass is 302 g/mol. The van der Waals surface area contributed by atoms with Gasteiger partial charge in [0.15, 0.2) is 11.5 Å². The van der Waals surface area contributed by atoms with Crippen molar-refractivity contribution in [2.24, 2.45) is 0 Å². The minimum absolute atomic E-state index is 0.0550. The standard InChI is InChI=1S/C17H22N2O3/c1-2-19-9-3-4-14(19)11-18-17(20)8-6-13-5-7-15-16(10-13)22-12-21-15/h5-8,10,14H,2-4,9,11-12H2,1H3,(H,18,20)/b8-6+. The summed E-state index contributed by atoms with van der Waals surface area (Å²) in [4.78, 5) is 14.3. The van der Waals surface area contributed by atoms with Gasteiger partial charge in [0, 0.05) is 18.7 Å². The molecule has 2 aliphatic rings. The summed E-state index contributed by atoms with van der Waals surface area (Å²) in [5.41, 5.74) is 0.926. The first kappa shape index (κ1) is 14.9. The molecule has 0 bridgehead atoms. The molecule has 1 fully saturated rings. The third kappa shape index (κ3) is 3.42. The Morgan fingerprint density at radius 3 is 3.14 bits per heavy atom. The molecule has 1 aromatic carbocycles. The van der Waals surface area contributed by atoms with Gasteiger partial charge in [-0.1, -0.05) is 13.0 Å². The molecule has 2 aliphatic heterocycles. The number of likely N-dealkylation sites (N-methyl/N-ethyl adjacent to an activating group) is 1. The summed E-state index contributed by atoms with van der Waals surface area (Å²) >= 11 is 0. The molecule has 22 heavy (non-hydrogen) atoms. The summed E-state index contributed by atoms with van der Waals surface area (Å²) in [6.07, 6.45) is 5.76. The Labute approximate surface area is 130 Å². The van der Waals surface area contributed by atoms with Gasteiger partial charge in [-0.05, 0) is 49.7 Å². The van der Waals surface area contributed by atoms with Crippen molar-refractivity contribution >= 4 is 12.0 Å². The van der Waals surface area contributed by atoms with Crippen LogP contribution in [0.15, 0.2) is 24.3 Å². The van der Waals surface area contributed by atoms with E-state index >= 15 is 0 Å². The number of hydrogen-bond acceptors (Lipinski definition) is 4.